The van der Waals surface area contributed by atoms with Crippen molar-refractivity contribution in [2.24, 2.45) is 0 Å². The van der Waals surface area contributed by atoms with Gasteiger partial charge in [-0.2, -0.15) is 0 Å². The van der Waals surface area contributed by atoms with Gasteiger partial charge in [0.15, 0.2) is 0 Å². The Bertz CT molecular complexity index is 632. The van der Waals surface area contributed by atoms with Gasteiger partial charge >= 0.3 is 5.97 Å². The fraction of sp³-hybridized carbons (Fsp3) is 0.529. The lowest BCUT2D eigenvalue weighted by atomic mass is 10.2. The van der Waals surface area contributed by atoms with E-state index >= 15 is 0 Å². The second-order valence-corrected chi connectivity index (χ2v) is 7.23. The molecule has 136 valence electrons. The molecule has 1 unspecified atom stereocenters. The predicted octanol–water partition coefficient (Wildman–Crippen LogP) is 1.78. The Morgan fingerprint density at radius 1 is 1.36 bits per heavy atom. The first-order chi connectivity index (χ1) is 12.0. The highest BCUT2D eigenvalue weighted by Crippen LogP contribution is 2.26. The van der Waals surface area contributed by atoms with Gasteiger partial charge in [0.1, 0.15) is 5.03 Å². The number of carbonyl (C=O) groups is 3. The van der Waals surface area contributed by atoms with Crippen molar-refractivity contribution in [3.63, 3.8) is 0 Å². The molecule has 7 nitrogen and oxygen atoms in total. The molecule has 0 spiro atoms. The first-order valence-corrected chi connectivity index (χ1v) is 9.27. The molecule has 1 aromatic heterocycles. The van der Waals surface area contributed by atoms with Gasteiger partial charge < -0.3 is 15.3 Å². The summed E-state index contributed by atoms with van der Waals surface area (Å²) >= 11 is 1.28. The average molecular weight is 365 g/mol. The normalized spacial score (nSPS) is 15.0. The van der Waals surface area contributed by atoms with Crippen molar-refractivity contribution in [2.75, 3.05) is 19.6 Å². The number of hydrogen-bond donors (Lipinski definition) is 2. The second kappa shape index (κ2) is 9.41. The Labute approximate surface area is 151 Å². The molecule has 25 heavy (non-hydrogen) atoms. The Balaban J connectivity index is 1.95. The van der Waals surface area contributed by atoms with Crippen LogP contribution in [-0.2, 0) is 9.59 Å². The number of carboxylic acid groups (broad SMARTS) is 1. The van der Waals surface area contributed by atoms with Gasteiger partial charge in [0.2, 0.25) is 5.91 Å². The number of aromatic nitrogens is 1. The number of thioether (sulfide) groups is 1. The van der Waals surface area contributed by atoms with E-state index in [4.69, 9.17) is 5.11 Å². The largest absolute Gasteiger partial charge is 0.481 e. The molecule has 8 heteroatoms. The number of likely N-dealkylation sites (tertiary alicyclic amines) is 1. The third kappa shape index (κ3) is 5.74. The maximum atomic E-state index is 12.4. The Kier molecular flexibility index (Phi) is 7.24. The van der Waals surface area contributed by atoms with Gasteiger partial charge in [-0.3, -0.25) is 14.4 Å². The lowest BCUT2D eigenvalue weighted by molar-refractivity contribution is -0.137. The first kappa shape index (κ1) is 19.2. The van der Waals surface area contributed by atoms with Crippen molar-refractivity contribution in [1.82, 2.24) is 15.2 Å². The Morgan fingerprint density at radius 3 is 2.76 bits per heavy atom. The molecule has 1 atom stereocenters. The summed E-state index contributed by atoms with van der Waals surface area (Å²) in [5.74, 6) is -1.12. The molecule has 0 aliphatic carbocycles. The van der Waals surface area contributed by atoms with Gasteiger partial charge in [0.25, 0.3) is 5.91 Å². The van der Waals surface area contributed by atoms with Crippen LogP contribution in [0.5, 0.6) is 0 Å². The number of pyridine rings is 1. The molecule has 1 aliphatic heterocycles. The van der Waals surface area contributed by atoms with Gasteiger partial charge in [0, 0.05) is 32.3 Å². The molecular weight excluding hydrogens is 342 g/mol. The summed E-state index contributed by atoms with van der Waals surface area (Å²) in [6, 6.07) is 3.33. The summed E-state index contributed by atoms with van der Waals surface area (Å²) in [5, 5.41) is 11.5. The minimum Gasteiger partial charge on any atom is -0.481 e. The summed E-state index contributed by atoms with van der Waals surface area (Å²) < 4.78 is 0. The van der Waals surface area contributed by atoms with Crippen molar-refractivity contribution < 1.29 is 19.5 Å². The fourth-order valence-electron chi connectivity index (χ4n) is 2.61. The monoisotopic (exact) mass is 365 g/mol. The highest BCUT2D eigenvalue weighted by Gasteiger charge is 2.25. The maximum Gasteiger partial charge on any atom is 0.303 e. The smallest absolute Gasteiger partial charge is 0.303 e. The summed E-state index contributed by atoms with van der Waals surface area (Å²) in [5.41, 5.74) is 0.406. The van der Waals surface area contributed by atoms with Crippen LogP contribution in [0.3, 0.4) is 0 Å². The van der Waals surface area contributed by atoms with Crippen LogP contribution in [0, 0.1) is 0 Å². The van der Waals surface area contributed by atoms with E-state index in [1.807, 2.05) is 11.8 Å². The van der Waals surface area contributed by atoms with Crippen LogP contribution in [-0.4, -0.2) is 57.7 Å². The molecule has 2 amide bonds. The molecule has 0 aromatic carbocycles. The van der Waals surface area contributed by atoms with Crippen LogP contribution < -0.4 is 5.32 Å². The number of nitrogens with one attached hydrogen (secondary N) is 1. The molecular formula is C17H23N3O4S. The summed E-state index contributed by atoms with van der Waals surface area (Å²) in [6.07, 6.45) is 4.05. The van der Waals surface area contributed by atoms with Crippen molar-refractivity contribution in [3.8, 4) is 0 Å². The molecule has 1 saturated heterocycles. The minimum atomic E-state index is -0.888. The molecule has 0 saturated carbocycles. The number of carbonyl (C=O) groups excluding carboxylic acids is 2. The molecule has 2 heterocycles. The average Bonchev–Trinajstić information content (AvgIpc) is 3.12. The third-order valence-corrected chi connectivity index (χ3v) is 5.03. The van der Waals surface area contributed by atoms with E-state index in [1.165, 1.54) is 11.8 Å². The molecule has 2 rings (SSSR count). The lowest BCUT2D eigenvalue weighted by Crippen LogP contribution is -2.34. The number of rotatable bonds is 8. The Hall–Kier alpha value is -2.09. The van der Waals surface area contributed by atoms with E-state index in [0.29, 0.717) is 17.0 Å². The van der Waals surface area contributed by atoms with Crippen LogP contribution in [0.15, 0.2) is 23.4 Å². The summed E-state index contributed by atoms with van der Waals surface area (Å²) in [7, 11) is 0. The van der Waals surface area contributed by atoms with Crippen molar-refractivity contribution in [2.45, 2.75) is 42.9 Å². The molecule has 0 radical (unpaired) electrons. The number of nitrogens with zero attached hydrogens (tertiary/aromatic N) is 2. The Morgan fingerprint density at radius 2 is 2.08 bits per heavy atom. The topological polar surface area (TPSA) is 99.6 Å². The van der Waals surface area contributed by atoms with E-state index < -0.39 is 5.97 Å². The SMILES string of the molecule is CC(Sc1ncccc1C(=O)NCCCC(=O)O)C(=O)N1CCCC1. The summed E-state index contributed by atoms with van der Waals surface area (Å²) in [6.45, 7) is 3.70. The standard InChI is InChI=1S/C17H23N3O4S/c1-12(17(24)20-10-2-3-11-20)25-16-13(6-4-9-19-16)15(23)18-8-5-7-14(21)22/h4,6,9,12H,2-3,5,7-8,10-11H2,1H3,(H,18,23)(H,21,22). The number of amides is 2. The van der Waals surface area contributed by atoms with Crippen molar-refractivity contribution in [3.05, 3.63) is 23.9 Å². The van der Waals surface area contributed by atoms with Crippen LogP contribution in [0.1, 0.15) is 43.0 Å². The van der Waals surface area contributed by atoms with Gasteiger partial charge in [-0.15, -0.1) is 0 Å². The van der Waals surface area contributed by atoms with Gasteiger partial charge in [0.05, 0.1) is 10.8 Å². The van der Waals surface area contributed by atoms with Crippen LogP contribution in [0.4, 0.5) is 0 Å². The molecule has 0 bridgehead atoms. The lowest BCUT2D eigenvalue weighted by Gasteiger charge is -2.20. The van der Waals surface area contributed by atoms with Crippen molar-refractivity contribution >= 4 is 29.5 Å². The van der Waals surface area contributed by atoms with Gasteiger partial charge in [-0.05, 0) is 38.3 Å². The zero-order valence-corrected chi connectivity index (χ0v) is 15.1. The molecule has 1 aromatic rings. The molecule has 2 N–H and O–H groups in total. The van der Waals surface area contributed by atoms with E-state index in [9.17, 15) is 14.4 Å². The minimum absolute atomic E-state index is 0.0102. The maximum absolute atomic E-state index is 12.4. The zero-order valence-electron chi connectivity index (χ0n) is 14.2. The zero-order chi connectivity index (χ0) is 18.2. The first-order valence-electron chi connectivity index (χ1n) is 8.39. The van der Waals surface area contributed by atoms with Gasteiger partial charge in [-0.1, -0.05) is 11.8 Å². The van der Waals surface area contributed by atoms with E-state index in [-0.39, 0.29) is 30.0 Å². The predicted molar refractivity (Wildman–Crippen MR) is 94.6 cm³/mol. The van der Waals surface area contributed by atoms with E-state index in [2.05, 4.69) is 10.3 Å². The van der Waals surface area contributed by atoms with E-state index in [0.717, 1.165) is 25.9 Å². The number of hydrogen-bond acceptors (Lipinski definition) is 5. The van der Waals surface area contributed by atoms with Gasteiger partial charge in [-0.25, -0.2) is 4.98 Å². The second-order valence-electron chi connectivity index (χ2n) is 5.90. The molecule has 1 aliphatic rings. The van der Waals surface area contributed by atoms with Crippen LogP contribution in [0.2, 0.25) is 0 Å². The quantitative estimate of drug-likeness (QED) is 0.538. The van der Waals surface area contributed by atoms with E-state index in [1.54, 1.807) is 18.3 Å². The third-order valence-electron chi connectivity index (χ3n) is 3.92. The highest BCUT2D eigenvalue weighted by molar-refractivity contribution is 8.00. The molecule has 1 fully saturated rings. The summed E-state index contributed by atoms with van der Waals surface area (Å²) in [4.78, 5) is 41.3. The highest BCUT2D eigenvalue weighted by atomic mass is 32.2. The number of aliphatic carboxylic acids is 1. The van der Waals surface area contributed by atoms with Crippen LogP contribution in [0.25, 0.3) is 0 Å². The van der Waals surface area contributed by atoms with Crippen LogP contribution >= 0.6 is 11.8 Å². The number of carboxylic acids is 1. The fourth-order valence-corrected chi connectivity index (χ4v) is 3.60. The van der Waals surface area contributed by atoms with Crippen molar-refractivity contribution in [1.29, 1.82) is 0 Å².